The van der Waals surface area contributed by atoms with Gasteiger partial charge in [0.1, 0.15) is 0 Å². The number of H-pyrrole nitrogens is 1. The highest BCUT2D eigenvalue weighted by Crippen LogP contribution is 2.27. The molecule has 0 fully saturated rings. The van der Waals surface area contributed by atoms with Crippen LogP contribution in [0.4, 0.5) is 0 Å². The molecule has 2 aromatic rings. The van der Waals surface area contributed by atoms with E-state index in [1.165, 1.54) is 11.1 Å². The number of hydrogen-bond acceptors (Lipinski definition) is 4. The first-order valence-corrected chi connectivity index (χ1v) is 7.07. The Labute approximate surface area is 113 Å². The zero-order valence-electron chi connectivity index (χ0n) is 9.15. The van der Waals surface area contributed by atoms with E-state index in [2.05, 4.69) is 66.7 Å². The summed E-state index contributed by atoms with van der Waals surface area (Å²) in [5.41, 5.74) is 3.83. The minimum absolute atomic E-state index is 0.471. The van der Waals surface area contributed by atoms with Crippen molar-refractivity contribution in [2.45, 2.75) is 12.5 Å². The fourth-order valence-corrected chi connectivity index (χ4v) is 3.00. The second-order valence-electron chi connectivity index (χ2n) is 4.06. The van der Waals surface area contributed by atoms with Crippen LogP contribution >= 0.6 is 22.6 Å². The second-order valence-corrected chi connectivity index (χ2v) is 4.94. The number of rotatable bonds is 2. The van der Waals surface area contributed by atoms with E-state index in [1.807, 2.05) is 0 Å². The van der Waals surface area contributed by atoms with Crippen molar-refractivity contribution < 1.29 is 0 Å². The number of benzene rings is 1. The Bertz CT molecular complexity index is 511. The molecule has 1 aromatic heterocycles. The Balaban J connectivity index is 2.02. The highest BCUT2D eigenvalue weighted by molar-refractivity contribution is 14.1. The lowest BCUT2D eigenvalue weighted by atomic mass is 9.93. The number of aromatic amines is 1. The molecule has 0 bridgehead atoms. The lowest BCUT2D eigenvalue weighted by Gasteiger charge is -2.25. The van der Waals surface area contributed by atoms with Gasteiger partial charge in [-0.25, -0.2) is 0 Å². The molecule has 1 aliphatic heterocycles. The molecule has 0 saturated carbocycles. The van der Waals surface area contributed by atoms with Crippen LogP contribution < -0.4 is 5.32 Å². The van der Waals surface area contributed by atoms with Gasteiger partial charge >= 0.3 is 0 Å². The predicted molar refractivity (Wildman–Crippen MR) is 72.9 cm³/mol. The van der Waals surface area contributed by atoms with Gasteiger partial charge in [0.2, 0.25) is 5.82 Å². The summed E-state index contributed by atoms with van der Waals surface area (Å²) in [6, 6.07) is 6.89. The Kier molecular flexibility index (Phi) is 3.06. The molecule has 0 aliphatic carbocycles. The number of fused-ring (bicyclic) bond motifs is 1. The molecule has 0 radical (unpaired) electrons. The highest BCUT2D eigenvalue weighted by Gasteiger charge is 2.19. The third-order valence-electron chi connectivity index (χ3n) is 3.06. The summed E-state index contributed by atoms with van der Waals surface area (Å²) < 4.78 is 1.09. The summed E-state index contributed by atoms with van der Waals surface area (Å²) in [4.78, 5) is 0. The lowest BCUT2D eigenvalue weighted by molar-refractivity contribution is 0.552. The number of tetrazole rings is 1. The van der Waals surface area contributed by atoms with E-state index in [9.17, 15) is 0 Å². The zero-order valence-corrected chi connectivity index (χ0v) is 11.3. The Hall–Kier alpha value is -1.02. The van der Waals surface area contributed by atoms with Gasteiger partial charge in [-0.15, -0.1) is 10.2 Å². The predicted octanol–water partition coefficient (Wildman–Crippen LogP) is 1.49. The smallest absolute Gasteiger partial charge is 0.204 e. The van der Waals surface area contributed by atoms with Gasteiger partial charge in [-0.1, -0.05) is 34.7 Å². The molecular formula is C11H12IN5. The molecule has 0 spiro atoms. The fraction of sp³-hybridized carbons (Fsp3) is 0.364. The normalized spacial score (nSPS) is 19.0. The maximum atomic E-state index is 4.01. The number of hydrogen-bond donors (Lipinski definition) is 2. The van der Waals surface area contributed by atoms with E-state index in [0.717, 1.165) is 23.0 Å². The average Bonchev–Trinajstić information content (AvgIpc) is 2.91. The number of nitrogens with zero attached hydrogens (tertiary/aromatic N) is 3. The molecule has 3 rings (SSSR count). The van der Waals surface area contributed by atoms with Crippen molar-refractivity contribution in [2.24, 2.45) is 0 Å². The van der Waals surface area contributed by atoms with Crippen LogP contribution in [0.25, 0.3) is 11.4 Å². The summed E-state index contributed by atoms with van der Waals surface area (Å²) in [6.45, 7) is 1.04. The van der Waals surface area contributed by atoms with Crippen molar-refractivity contribution in [3.05, 3.63) is 29.3 Å². The van der Waals surface area contributed by atoms with Crippen LogP contribution in [0.1, 0.15) is 17.2 Å². The van der Waals surface area contributed by atoms with E-state index >= 15 is 0 Å². The number of halogens is 1. The quantitative estimate of drug-likeness (QED) is 0.642. The van der Waals surface area contributed by atoms with Crippen molar-refractivity contribution >= 4 is 22.6 Å². The van der Waals surface area contributed by atoms with Crippen molar-refractivity contribution in [3.8, 4) is 11.4 Å². The molecule has 1 aliphatic rings. The summed E-state index contributed by atoms with van der Waals surface area (Å²) in [6.07, 6.45) is 1.06. The van der Waals surface area contributed by atoms with E-state index in [0.29, 0.717) is 11.9 Å². The molecule has 0 amide bonds. The van der Waals surface area contributed by atoms with Crippen molar-refractivity contribution in [1.29, 1.82) is 0 Å². The van der Waals surface area contributed by atoms with Gasteiger partial charge in [0.25, 0.3) is 0 Å². The van der Waals surface area contributed by atoms with Gasteiger partial charge in [0, 0.05) is 16.0 Å². The minimum Gasteiger partial charge on any atom is -0.309 e. The third-order valence-corrected chi connectivity index (χ3v) is 3.94. The number of nitrogens with one attached hydrogen (secondary N) is 2. The third kappa shape index (κ3) is 2.06. The Morgan fingerprint density at radius 3 is 3.12 bits per heavy atom. The standard InChI is InChI=1S/C11H12IN5/c12-6-10-9-2-1-8(11-14-16-17-15-11)5-7(9)3-4-13-10/h1-2,5,10,13H,3-4,6H2,(H,14,15,16,17). The molecule has 17 heavy (non-hydrogen) atoms. The molecule has 1 aromatic carbocycles. The molecule has 2 N–H and O–H groups in total. The molecule has 1 atom stereocenters. The van der Waals surface area contributed by atoms with Gasteiger partial charge in [-0.05, 0) is 35.4 Å². The summed E-state index contributed by atoms with van der Waals surface area (Å²) in [5.74, 6) is 0.664. The SMILES string of the molecule is ICC1NCCc2cc(-c3nn[nH]n3)ccc21. The molecule has 5 nitrogen and oxygen atoms in total. The van der Waals surface area contributed by atoms with Crippen LogP contribution in [-0.4, -0.2) is 31.6 Å². The first-order chi connectivity index (χ1) is 8.38. The van der Waals surface area contributed by atoms with Crippen LogP contribution in [0.3, 0.4) is 0 Å². The monoisotopic (exact) mass is 341 g/mol. The Morgan fingerprint density at radius 2 is 2.35 bits per heavy atom. The van der Waals surface area contributed by atoms with E-state index in [4.69, 9.17) is 0 Å². The van der Waals surface area contributed by atoms with Crippen molar-refractivity contribution in [1.82, 2.24) is 25.9 Å². The molecule has 1 unspecified atom stereocenters. The topological polar surface area (TPSA) is 66.5 Å². The van der Waals surface area contributed by atoms with Crippen LogP contribution in [-0.2, 0) is 6.42 Å². The largest absolute Gasteiger partial charge is 0.309 e. The first kappa shape index (κ1) is 11.1. The van der Waals surface area contributed by atoms with Gasteiger partial charge in [-0.2, -0.15) is 5.21 Å². The maximum absolute atomic E-state index is 4.01. The molecule has 6 heteroatoms. The van der Waals surface area contributed by atoms with Gasteiger partial charge < -0.3 is 5.32 Å². The molecular weight excluding hydrogens is 329 g/mol. The second kappa shape index (κ2) is 4.69. The zero-order chi connectivity index (χ0) is 11.7. The molecule has 2 heterocycles. The Morgan fingerprint density at radius 1 is 1.41 bits per heavy atom. The summed E-state index contributed by atoms with van der Waals surface area (Å²) in [5, 5.41) is 17.6. The lowest BCUT2D eigenvalue weighted by Crippen LogP contribution is -2.30. The first-order valence-electron chi connectivity index (χ1n) is 5.54. The van der Waals surface area contributed by atoms with Crippen LogP contribution in [0.2, 0.25) is 0 Å². The van der Waals surface area contributed by atoms with Crippen LogP contribution in [0, 0.1) is 0 Å². The van der Waals surface area contributed by atoms with E-state index < -0.39 is 0 Å². The average molecular weight is 341 g/mol. The van der Waals surface area contributed by atoms with Gasteiger partial charge in [0.15, 0.2) is 0 Å². The van der Waals surface area contributed by atoms with Crippen LogP contribution in [0.15, 0.2) is 18.2 Å². The minimum atomic E-state index is 0.471. The molecule has 88 valence electrons. The maximum Gasteiger partial charge on any atom is 0.204 e. The van der Waals surface area contributed by atoms with Gasteiger partial charge in [-0.3, -0.25) is 0 Å². The summed E-state index contributed by atoms with van der Waals surface area (Å²) >= 11 is 2.42. The fourth-order valence-electron chi connectivity index (χ4n) is 2.21. The summed E-state index contributed by atoms with van der Waals surface area (Å²) in [7, 11) is 0. The van der Waals surface area contributed by atoms with E-state index in [-0.39, 0.29) is 0 Å². The van der Waals surface area contributed by atoms with E-state index in [1.54, 1.807) is 0 Å². The van der Waals surface area contributed by atoms with Crippen molar-refractivity contribution in [2.75, 3.05) is 11.0 Å². The van der Waals surface area contributed by atoms with Crippen molar-refractivity contribution in [3.63, 3.8) is 0 Å². The molecule has 0 saturated heterocycles. The van der Waals surface area contributed by atoms with Gasteiger partial charge in [0.05, 0.1) is 0 Å². The number of aromatic nitrogens is 4. The number of alkyl halides is 1. The highest BCUT2D eigenvalue weighted by atomic mass is 127. The van der Waals surface area contributed by atoms with Crippen LogP contribution in [0.5, 0.6) is 0 Å².